The second-order valence-corrected chi connectivity index (χ2v) is 15.8. The van der Waals surface area contributed by atoms with Crippen molar-refractivity contribution in [1.82, 2.24) is 19.7 Å². The fraction of sp³-hybridized carbons (Fsp3) is 0.487. The molecule has 0 radical (unpaired) electrons. The summed E-state index contributed by atoms with van der Waals surface area (Å²) < 4.78 is 54.3. The van der Waals surface area contributed by atoms with Crippen LogP contribution in [0.5, 0.6) is 0 Å². The number of piperidine rings is 1. The minimum atomic E-state index is -4.60. The maximum atomic E-state index is 14.8. The van der Waals surface area contributed by atoms with Crippen LogP contribution in [0.15, 0.2) is 59.9 Å². The van der Waals surface area contributed by atoms with Crippen LogP contribution in [0.1, 0.15) is 83.2 Å². The van der Waals surface area contributed by atoms with E-state index < -0.39 is 23.1 Å². The number of likely N-dealkylation sites (tertiary alicyclic amines) is 1. The van der Waals surface area contributed by atoms with Gasteiger partial charge in [-0.15, -0.1) is 10.2 Å². The van der Waals surface area contributed by atoms with E-state index in [1.54, 1.807) is 29.1 Å². The summed E-state index contributed by atoms with van der Waals surface area (Å²) in [5.74, 6) is 2.24. The topological polar surface area (TPSA) is 67.4 Å². The standard InChI is InChI=1S/C39H46F3N6O2S/c1-5-27-9-11-28(12-10-27)21-47-35(16-30(17-36(47)51-6-2)38(23-50-24-38)18-34-44-43-25-45(34)4)48-22-32-31(37(48)49)14-29(15-33(32)39(40,41)42)20-46-13-7-8-26(3)19-46/h9-12,14-17,25-26H,5-8,13,18-24H2,1-4H3/q+1/t26-/m0/s1. The third kappa shape index (κ3) is 7.19. The van der Waals surface area contributed by atoms with Crippen LogP contribution in [0.4, 0.5) is 19.0 Å². The van der Waals surface area contributed by atoms with Gasteiger partial charge in [0.1, 0.15) is 25.2 Å². The lowest BCUT2D eigenvalue weighted by Crippen LogP contribution is -2.51. The Hall–Kier alpha value is -3.74. The molecule has 2 aromatic carbocycles. The molecule has 2 saturated heterocycles. The molecular weight excluding hydrogens is 674 g/mol. The van der Waals surface area contributed by atoms with E-state index in [-0.39, 0.29) is 17.7 Å². The number of aromatic nitrogens is 4. The molecule has 2 aromatic heterocycles. The van der Waals surface area contributed by atoms with Crippen LogP contribution in [-0.2, 0) is 55.9 Å². The van der Waals surface area contributed by atoms with Gasteiger partial charge in [-0.2, -0.15) is 18.1 Å². The van der Waals surface area contributed by atoms with Crippen LogP contribution in [0, 0.1) is 5.92 Å². The monoisotopic (exact) mass is 719 g/mol. The molecule has 51 heavy (non-hydrogen) atoms. The fourth-order valence-corrected chi connectivity index (χ4v) is 8.60. The highest BCUT2D eigenvalue weighted by atomic mass is 32.2. The molecule has 8 nitrogen and oxygen atoms in total. The first-order chi connectivity index (χ1) is 24.5. The molecule has 270 valence electrons. The number of amides is 1. The highest BCUT2D eigenvalue weighted by Gasteiger charge is 2.47. The molecule has 1 amide bonds. The molecule has 3 aliphatic heterocycles. The lowest BCUT2D eigenvalue weighted by atomic mass is 9.76. The molecule has 12 heteroatoms. The highest BCUT2D eigenvalue weighted by Crippen LogP contribution is 2.42. The SMILES string of the molecule is CCSc1cc(C2(Cc3nncn3C)COC2)cc(N2Cc3c(cc(CN4CCC[C@H](C)C4)cc3C(F)(F)F)C2=O)[n+]1Cc1ccc(CC)cc1. The van der Waals surface area contributed by atoms with Crippen molar-refractivity contribution >= 4 is 23.5 Å². The molecule has 5 heterocycles. The molecule has 0 aliphatic carbocycles. The number of hydrogen-bond acceptors (Lipinski definition) is 6. The van der Waals surface area contributed by atoms with Crippen LogP contribution in [-0.4, -0.2) is 57.6 Å². The van der Waals surface area contributed by atoms with Crippen molar-refractivity contribution in [3.8, 4) is 0 Å². The fourth-order valence-electron chi connectivity index (χ4n) is 7.78. The lowest BCUT2D eigenvalue weighted by Gasteiger charge is -2.42. The van der Waals surface area contributed by atoms with Crippen molar-refractivity contribution in [3.63, 3.8) is 0 Å². The molecule has 7 rings (SSSR count). The average molecular weight is 720 g/mol. The van der Waals surface area contributed by atoms with Crippen molar-refractivity contribution < 1.29 is 27.3 Å². The molecule has 0 spiro atoms. The van der Waals surface area contributed by atoms with Crippen LogP contribution in [0.3, 0.4) is 0 Å². The van der Waals surface area contributed by atoms with Crippen LogP contribution < -0.4 is 9.47 Å². The number of rotatable bonds is 11. The third-order valence-corrected chi connectivity index (χ3v) is 11.6. The summed E-state index contributed by atoms with van der Waals surface area (Å²) in [4.78, 5) is 18.3. The Labute approximate surface area is 302 Å². The smallest absolute Gasteiger partial charge is 0.379 e. The Morgan fingerprint density at radius 2 is 1.82 bits per heavy atom. The van der Waals surface area contributed by atoms with E-state index in [4.69, 9.17) is 4.74 Å². The van der Waals surface area contributed by atoms with Gasteiger partial charge in [0.05, 0.1) is 24.3 Å². The largest absolute Gasteiger partial charge is 0.416 e. The predicted molar refractivity (Wildman–Crippen MR) is 191 cm³/mol. The van der Waals surface area contributed by atoms with E-state index >= 15 is 0 Å². The number of nitrogens with zero attached hydrogens (tertiary/aromatic N) is 6. The van der Waals surface area contributed by atoms with E-state index in [1.807, 2.05) is 17.7 Å². The number of halogens is 3. The molecule has 0 saturated carbocycles. The van der Waals surface area contributed by atoms with Crippen molar-refractivity contribution in [3.05, 3.63) is 99.6 Å². The van der Waals surface area contributed by atoms with Crippen molar-refractivity contribution in [2.24, 2.45) is 13.0 Å². The summed E-state index contributed by atoms with van der Waals surface area (Å²) >= 11 is 1.66. The van der Waals surface area contributed by atoms with Gasteiger partial charge in [-0.25, -0.2) is 9.36 Å². The number of hydrogen-bond donors (Lipinski definition) is 0. The van der Waals surface area contributed by atoms with Crippen molar-refractivity contribution in [1.29, 1.82) is 0 Å². The zero-order valence-electron chi connectivity index (χ0n) is 29.8. The van der Waals surface area contributed by atoms with E-state index in [1.165, 1.54) is 11.6 Å². The van der Waals surface area contributed by atoms with Crippen LogP contribution in [0.2, 0.25) is 0 Å². The Bertz CT molecular complexity index is 1910. The van der Waals surface area contributed by atoms with Gasteiger partial charge in [0, 0.05) is 43.6 Å². The van der Waals surface area contributed by atoms with Crippen molar-refractivity contribution in [2.75, 3.05) is 37.0 Å². The van der Waals surface area contributed by atoms with E-state index in [9.17, 15) is 18.0 Å². The molecule has 3 aliphatic rings. The summed E-state index contributed by atoms with van der Waals surface area (Å²) in [6.07, 6.45) is 0.704. The summed E-state index contributed by atoms with van der Waals surface area (Å²) in [5, 5.41) is 9.37. The zero-order chi connectivity index (χ0) is 35.9. The molecule has 0 bridgehead atoms. The van der Waals surface area contributed by atoms with Gasteiger partial charge in [-0.3, -0.25) is 4.90 Å². The maximum Gasteiger partial charge on any atom is 0.416 e. The summed E-state index contributed by atoms with van der Waals surface area (Å²) in [6, 6.07) is 15.6. The van der Waals surface area contributed by atoms with Crippen LogP contribution in [0.25, 0.3) is 0 Å². The number of carbonyl (C=O) groups excluding carboxylic acids is 1. The number of alkyl halides is 3. The number of ether oxygens (including phenoxy) is 1. The molecule has 1 atom stereocenters. The minimum absolute atomic E-state index is 0.0398. The first kappa shape index (κ1) is 35.7. The first-order valence-electron chi connectivity index (χ1n) is 17.9. The third-order valence-electron chi connectivity index (χ3n) is 10.7. The van der Waals surface area contributed by atoms with E-state index in [0.29, 0.717) is 50.0 Å². The Kier molecular flexibility index (Phi) is 10.0. The van der Waals surface area contributed by atoms with Gasteiger partial charge in [0.15, 0.2) is 5.03 Å². The number of aryl methyl sites for hydroxylation is 2. The van der Waals surface area contributed by atoms with Gasteiger partial charge in [0.25, 0.3) is 5.82 Å². The zero-order valence-corrected chi connectivity index (χ0v) is 30.6. The second kappa shape index (κ2) is 14.4. The van der Waals surface area contributed by atoms with Gasteiger partial charge in [0.2, 0.25) is 0 Å². The number of thioether (sulfide) groups is 1. The predicted octanol–water partition coefficient (Wildman–Crippen LogP) is 6.75. The average Bonchev–Trinajstić information content (AvgIpc) is 3.64. The lowest BCUT2D eigenvalue weighted by molar-refractivity contribution is -0.712. The summed E-state index contributed by atoms with van der Waals surface area (Å²) in [6.45, 7) is 9.65. The summed E-state index contributed by atoms with van der Waals surface area (Å²) in [7, 11) is 1.91. The van der Waals surface area contributed by atoms with Gasteiger partial charge in [-0.05, 0) is 77.9 Å². The number of carbonyl (C=O) groups is 1. The maximum absolute atomic E-state index is 14.8. The molecule has 2 fully saturated rings. The first-order valence-corrected chi connectivity index (χ1v) is 18.9. The summed E-state index contributed by atoms with van der Waals surface area (Å²) in [5.41, 5.74) is 2.80. The Morgan fingerprint density at radius 1 is 1.06 bits per heavy atom. The molecular formula is C39H46F3N6O2S+. The Morgan fingerprint density at radius 3 is 2.45 bits per heavy atom. The molecule has 4 aromatic rings. The Balaban J connectivity index is 1.34. The van der Waals surface area contributed by atoms with Gasteiger partial charge >= 0.3 is 12.1 Å². The van der Waals surface area contributed by atoms with Crippen LogP contribution >= 0.6 is 11.8 Å². The van der Waals surface area contributed by atoms with Gasteiger partial charge < -0.3 is 9.30 Å². The molecule has 0 unspecified atom stereocenters. The highest BCUT2D eigenvalue weighted by molar-refractivity contribution is 7.99. The quantitative estimate of drug-likeness (QED) is 0.126. The minimum Gasteiger partial charge on any atom is -0.379 e. The second-order valence-electron chi connectivity index (χ2n) is 14.5. The van der Waals surface area contributed by atoms with Gasteiger partial charge in [-0.1, -0.05) is 56.8 Å². The van der Waals surface area contributed by atoms with E-state index in [0.717, 1.165) is 60.1 Å². The molecule has 0 N–H and O–H groups in total. The normalized spacial score (nSPS) is 19.0. The van der Waals surface area contributed by atoms with Crippen molar-refractivity contribution in [2.45, 2.75) is 82.7 Å². The number of pyridine rings is 1. The number of anilines is 1. The number of fused-ring (bicyclic) bond motifs is 1. The van der Waals surface area contributed by atoms with E-state index in [2.05, 4.69) is 70.8 Å². The number of benzene rings is 2.